The minimum Gasteiger partial charge on any atom is -0.488 e. The molecule has 1 aromatic carbocycles. The highest BCUT2D eigenvalue weighted by molar-refractivity contribution is 5.92. The summed E-state index contributed by atoms with van der Waals surface area (Å²) in [7, 11) is 1.55. The Bertz CT molecular complexity index is 468. The molecule has 0 aromatic heterocycles. The van der Waals surface area contributed by atoms with Crippen molar-refractivity contribution in [2.24, 2.45) is 5.92 Å². The molecule has 0 spiro atoms. The lowest BCUT2D eigenvalue weighted by molar-refractivity contribution is -0.119. The van der Waals surface area contributed by atoms with Gasteiger partial charge in [-0.05, 0) is 25.1 Å². The topological polar surface area (TPSA) is 59.6 Å². The first-order valence-corrected chi connectivity index (χ1v) is 6.63. The fraction of sp³-hybridized carbons (Fsp3) is 0.500. The third kappa shape index (κ3) is 5.15. The molecular weight excluding hydrogens is 299 g/mol. The van der Waals surface area contributed by atoms with Gasteiger partial charge in [-0.15, -0.1) is 12.4 Å². The zero-order chi connectivity index (χ0) is 14.4. The van der Waals surface area contributed by atoms with E-state index >= 15 is 0 Å². The molecule has 2 N–H and O–H groups in total. The van der Waals surface area contributed by atoms with E-state index in [0.29, 0.717) is 18.8 Å². The lowest BCUT2D eigenvalue weighted by Crippen LogP contribution is -2.24. The molecule has 118 valence electrons. The molecule has 7 heteroatoms. The van der Waals surface area contributed by atoms with E-state index in [4.69, 9.17) is 9.47 Å². The molecule has 5 nitrogen and oxygen atoms in total. The lowest BCUT2D eigenvalue weighted by atomic mass is 10.1. The van der Waals surface area contributed by atoms with Gasteiger partial charge in [0.2, 0.25) is 5.91 Å². The summed E-state index contributed by atoms with van der Waals surface area (Å²) in [4.78, 5) is 11.9. The van der Waals surface area contributed by atoms with Gasteiger partial charge in [0.25, 0.3) is 0 Å². The predicted octanol–water partition coefficient (Wildman–Crippen LogP) is 1.82. The minimum absolute atomic E-state index is 0. The molecule has 1 aliphatic heterocycles. The van der Waals surface area contributed by atoms with Crippen LogP contribution in [0, 0.1) is 11.7 Å². The molecule has 1 unspecified atom stereocenters. The van der Waals surface area contributed by atoms with Crippen molar-refractivity contribution in [3.05, 3.63) is 24.0 Å². The van der Waals surface area contributed by atoms with Gasteiger partial charge in [-0.1, -0.05) is 0 Å². The predicted molar refractivity (Wildman–Crippen MR) is 80.6 cm³/mol. The number of methoxy groups -OCH3 is 1. The quantitative estimate of drug-likeness (QED) is 0.786. The van der Waals surface area contributed by atoms with Crippen LogP contribution in [0.4, 0.5) is 10.1 Å². The Morgan fingerprint density at radius 2 is 2.29 bits per heavy atom. The average molecular weight is 319 g/mol. The average Bonchev–Trinajstić information content (AvgIpc) is 2.95. The molecule has 0 bridgehead atoms. The van der Waals surface area contributed by atoms with Gasteiger partial charge in [0.1, 0.15) is 6.61 Å². The molecule has 1 aromatic rings. The number of benzene rings is 1. The van der Waals surface area contributed by atoms with Crippen molar-refractivity contribution in [1.82, 2.24) is 5.32 Å². The summed E-state index contributed by atoms with van der Waals surface area (Å²) in [5.74, 6) is -0.468. The monoisotopic (exact) mass is 318 g/mol. The number of nitrogens with one attached hydrogen (secondary N) is 2. The number of ether oxygens (including phenoxy) is 2. The van der Waals surface area contributed by atoms with Crippen molar-refractivity contribution in [3.8, 4) is 5.75 Å². The van der Waals surface area contributed by atoms with E-state index in [-0.39, 0.29) is 36.6 Å². The Kier molecular flexibility index (Phi) is 7.42. The first kappa shape index (κ1) is 17.7. The summed E-state index contributed by atoms with van der Waals surface area (Å²) < 4.78 is 23.8. The molecular formula is C14H20ClFN2O3. The number of halogens is 2. The van der Waals surface area contributed by atoms with E-state index in [9.17, 15) is 9.18 Å². The van der Waals surface area contributed by atoms with E-state index in [1.165, 1.54) is 12.1 Å². The van der Waals surface area contributed by atoms with Gasteiger partial charge in [0, 0.05) is 25.4 Å². The summed E-state index contributed by atoms with van der Waals surface area (Å²) in [6.45, 7) is 2.20. The SMILES string of the molecule is COCCOc1ccc(NC(=O)C2CCNC2)cc1F.Cl. The molecule has 1 fully saturated rings. The Balaban J connectivity index is 0.00000220. The summed E-state index contributed by atoms with van der Waals surface area (Å²) in [6.07, 6.45) is 0.812. The normalized spacial score (nSPS) is 17.1. The largest absolute Gasteiger partial charge is 0.488 e. The summed E-state index contributed by atoms with van der Waals surface area (Å²) in [6, 6.07) is 4.40. The molecule has 2 rings (SSSR count). The van der Waals surface area contributed by atoms with Crippen molar-refractivity contribution in [2.45, 2.75) is 6.42 Å². The molecule has 1 heterocycles. The molecule has 0 saturated carbocycles. The lowest BCUT2D eigenvalue weighted by Gasteiger charge is -2.11. The maximum Gasteiger partial charge on any atom is 0.228 e. The zero-order valence-electron chi connectivity index (χ0n) is 11.9. The Morgan fingerprint density at radius 3 is 2.90 bits per heavy atom. The van der Waals surface area contributed by atoms with Crippen LogP contribution < -0.4 is 15.4 Å². The highest BCUT2D eigenvalue weighted by atomic mass is 35.5. The second kappa shape index (κ2) is 8.81. The van der Waals surface area contributed by atoms with Gasteiger partial charge >= 0.3 is 0 Å². The van der Waals surface area contributed by atoms with Gasteiger partial charge in [-0.2, -0.15) is 0 Å². The van der Waals surface area contributed by atoms with Gasteiger partial charge in [-0.25, -0.2) is 4.39 Å². The van der Waals surface area contributed by atoms with Gasteiger partial charge in [0.15, 0.2) is 11.6 Å². The van der Waals surface area contributed by atoms with E-state index < -0.39 is 5.82 Å². The fourth-order valence-corrected chi connectivity index (χ4v) is 2.05. The van der Waals surface area contributed by atoms with Gasteiger partial charge in [0.05, 0.1) is 12.5 Å². The third-order valence-corrected chi connectivity index (χ3v) is 3.18. The van der Waals surface area contributed by atoms with Crippen LogP contribution in [0.1, 0.15) is 6.42 Å². The molecule has 1 aliphatic rings. The van der Waals surface area contributed by atoms with Crippen LogP contribution in [-0.4, -0.2) is 39.3 Å². The molecule has 0 radical (unpaired) electrons. The first-order valence-electron chi connectivity index (χ1n) is 6.63. The standard InChI is InChI=1S/C14H19FN2O3.ClH/c1-19-6-7-20-13-3-2-11(8-12(13)15)17-14(18)10-4-5-16-9-10;/h2-3,8,10,16H,4-7,9H2,1H3,(H,17,18);1H. The van der Waals surface area contributed by atoms with Crippen molar-refractivity contribution >= 4 is 24.0 Å². The van der Waals surface area contributed by atoms with Crippen LogP contribution in [0.5, 0.6) is 5.75 Å². The van der Waals surface area contributed by atoms with E-state index in [1.54, 1.807) is 13.2 Å². The highest BCUT2D eigenvalue weighted by Crippen LogP contribution is 2.22. The van der Waals surface area contributed by atoms with Crippen molar-refractivity contribution in [3.63, 3.8) is 0 Å². The summed E-state index contributed by atoms with van der Waals surface area (Å²) >= 11 is 0. The number of hydrogen-bond donors (Lipinski definition) is 2. The Hall–Kier alpha value is -1.37. The number of anilines is 1. The van der Waals surface area contributed by atoms with Crippen LogP contribution in [-0.2, 0) is 9.53 Å². The number of amides is 1. The van der Waals surface area contributed by atoms with Crippen molar-refractivity contribution in [2.75, 3.05) is 38.7 Å². The molecule has 1 amide bonds. The number of carbonyl (C=O) groups is 1. The molecule has 21 heavy (non-hydrogen) atoms. The maximum absolute atomic E-state index is 13.8. The van der Waals surface area contributed by atoms with E-state index in [0.717, 1.165) is 13.0 Å². The zero-order valence-corrected chi connectivity index (χ0v) is 12.7. The number of hydrogen-bond acceptors (Lipinski definition) is 4. The Morgan fingerprint density at radius 1 is 1.48 bits per heavy atom. The second-order valence-corrected chi connectivity index (χ2v) is 4.67. The third-order valence-electron chi connectivity index (χ3n) is 3.18. The van der Waals surface area contributed by atoms with Crippen molar-refractivity contribution in [1.29, 1.82) is 0 Å². The molecule has 1 saturated heterocycles. The molecule has 0 aliphatic carbocycles. The summed E-state index contributed by atoms with van der Waals surface area (Å²) in [5, 5.41) is 5.84. The number of rotatable bonds is 6. The fourth-order valence-electron chi connectivity index (χ4n) is 2.05. The van der Waals surface area contributed by atoms with Crippen LogP contribution in [0.3, 0.4) is 0 Å². The summed E-state index contributed by atoms with van der Waals surface area (Å²) in [5.41, 5.74) is 0.443. The second-order valence-electron chi connectivity index (χ2n) is 4.67. The van der Waals surface area contributed by atoms with E-state index in [2.05, 4.69) is 10.6 Å². The first-order chi connectivity index (χ1) is 9.70. The number of carbonyl (C=O) groups excluding carboxylic acids is 1. The maximum atomic E-state index is 13.8. The van der Waals surface area contributed by atoms with Gasteiger partial charge in [-0.3, -0.25) is 4.79 Å². The van der Waals surface area contributed by atoms with Crippen LogP contribution in [0.15, 0.2) is 18.2 Å². The van der Waals surface area contributed by atoms with Crippen LogP contribution >= 0.6 is 12.4 Å². The molecule has 1 atom stereocenters. The highest BCUT2D eigenvalue weighted by Gasteiger charge is 2.22. The van der Waals surface area contributed by atoms with Gasteiger partial charge < -0.3 is 20.1 Å². The Labute approximate surface area is 129 Å². The van der Waals surface area contributed by atoms with Crippen LogP contribution in [0.25, 0.3) is 0 Å². The van der Waals surface area contributed by atoms with Crippen molar-refractivity contribution < 1.29 is 18.7 Å². The minimum atomic E-state index is -0.497. The van der Waals surface area contributed by atoms with Crippen LogP contribution in [0.2, 0.25) is 0 Å². The van der Waals surface area contributed by atoms with E-state index in [1.807, 2.05) is 0 Å². The smallest absolute Gasteiger partial charge is 0.228 e.